The normalized spacial score (nSPS) is 12.1. The van der Waals surface area contributed by atoms with Crippen LogP contribution in [0.5, 0.6) is 0 Å². The Morgan fingerprint density at radius 1 is 0.548 bits per heavy atom. The van der Waals surface area contributed by atoms with E-state index >= 15 is 0 Å². The largest absolute Gasteiger partial charge is 0.305 e. The molecule has 0 aliphatic carbocycles. The fourth-order valence-electron chi connectivity index (χ4n) is 4.04. The molecule has 0 heterocycles. The van der Waals surface area contributed by atoms with Crippen LogP contribution in [0, 0.1) is 0 Å². The average Bonchev–Trinajstić information content (AvgIpc) is 3.06. The quantitative estimate of drug-likeness (QED) is 0.0694. The van der Waals surface area contributed by atoms with Crippen LogP contribution in [-0.2, 0) is 29.1 Å². The number of rotatable bonds is 15. The van der Waals surface area contributed by atoms with Crippen LogP contribution in [-0.4, -0.2) is 47.7 Å². The minimum Gasteiger partial charge on any atom is -0.289 e. The molecule has 2 unspecified atom stereocenters. The van der Waals surface area contributed by atoms with Crippen molar-refractivity contribution in [1.82, 2.24) is 0 Å². The highest BCUT2D eigenvalue weighted by atomic mass is 17.3. The summed E-state index contributed by atoms with van der Waals surface area (Å²) in [6.07, 6.45) is -3.72. The lowest BCUT2D eigenvalue weighted by Crippen LogP contribution is -2.44. The highest BCUT2D eigenvalue weighted by molar-refractivity contribution is 6.14. The number of hydrogen-bond donors (Lipinski definition) is 2. The number of carbonyl (C=O) groups excluding carboxylic acids is 4. The summed E-state index contributed by atoms with van der Waals surface area (Å²) in [5.41, 5.74) is 0.702. The van der Waals surface area contributed by atoms with E-state index < -0.39 is 24.4 Å². The molecule has 0 spiro atoms. The Bertz CT molecular complexity index is 1400. The predicted octanol–water partition coefficient (Wildman–Crippen LogP) is 4.27. The fourth-order valence-corrected chi connectivity index (χ4v) is 4.04. The van der Waals surface area contributed by atoms with Gasteiger partial charge in [0.1, 0.15) is 0 Å². The van der Waals surface area contributed by atoms with Gasteiger partial charge in [-0.05, 0) is 24.3 Å². The molecule has 0 aliphatic heterocycles. The molecule has 2 amide bonds. The lowest BCUT2D eigenvalue weighted by molar-refractivity contribution is -0.504. The second-order valence-corrected chi connectivity index (χ2v) is 8.47. The van der Waals surface area contributed by atoms with Crippen LogP contribution in [0.25, 0.3) is 0 Å². The van der Waals surface area contributed by atoms with Gasteiger partial charge in [0.15, 0.2) is 11.6 Å². The summed E-state index contributed by atoms with van der Waals surface area (Å²) in [6.45, 7) is 0. The van der Waals surface area contributed by atoms with Gasteiger partial charge in [-0.25, -0.2) is 10.5 Å². The lowest BCUT2D eigenvalue weighted by Gasteiger charge is -2.29. The van der Waals surface area contributed by atoms with Crippen LogP contribution in [0.1, 0.15) is 31.8 Å². The van der Waals surface area contributed by atoms with E-state index in [4.69, 9.17) is 9.78 Å². The molecule has 0 aliphatic rings. The molecule has 0 saturated carbocycles. The van der Waals surface area contributed by atoms with E-state index in [-0.39, 0.29) is 35.3 Å². The van der Waals surface area contributed by atoms with Crippen molar-refractivity contribution in [2.24, 2.45) is 0 Å². The van der Waals surface area contributed by atoms with Crippen molar-refractivity contribution < 1.29 is 49.2 Å². The van der Waals surface area contributed by atoms with Gasteiger partial charge >= 0.3 is 12.8 Å². The van der Waals surface area contributed by atoms with Gasteiger partial charge in [0.25, 0.3) is 0 Å². The van der Waals surface area contributed by atoms with Crippen LogP contribution >= 0.6 is 0 Å². The minimum absolute atomic E-state index is 0.0310. The summed E-state index contributed by atoms with van der Waals surface area (Å²) in [5, 5.41) is 19.1. The van der Waals surface area contributed by atoms with Gasteiger partial charge in [0.2, 0.25) is 12.8 Å². The molecular formula is C30H24N2O10. The number of anilines is 2. The van der Waals surface area contributed by atoms with Gasteiger partial charge in [-0.2, -0.15) is 19.6 Å². The third-order valence-corrected chi connectivity index (χ3v) is 6.01. The van der Waals surface area contributed by atoms with Crippen molar-refractivity contribution in [2.75, 3.05) is 9.80 Å². The van der Waals surface area contributed by atoms with Crippen molar-refractivity contribution >= 4 is 35.8 Å². The Balaban J connectivity index is 1.58. The van der Waals surface area contributed by atoms with E-state index in [0.717, 1.165) is 0 Å². The predicted molar refractivity (Wildman–Crippen MR) is 147 cm³/mol. The van der Waals surface area contributed by atoms with E-state index in [1.54, 1.807) is 72.8 Å². The summed E-state index contributed by atoms with van der Waals surface area (Å²) in [4.78, 5) is 70.4. The summed E-state index contributed by atoms with van der Waals surface area (Å²) in [7, 11) is 0. The van der Waals surface area contributed by atoms with Crippen molar-refractivity contribution in [2.45, 2.75) is 12.8 Å². The zero-order valence-electron chi connectivity index (χ0n) is 21.8. The first-order valence-electron chi connectivity index (χ1n) is 12.3. The van der Waals surface area contributed by atoms with Crippen LogP contribution < -0.4 is 9.80 Å². The van der Waals surface area contributed by atoms with Crippen LogP contribution in [0.4, 0.5) is 11.4 Å². The fraction of sp³-hybridized carbons (Fsp3) is 0.0667. The molecule has 0 radical (unpaired) electrons. The second-order valence-electron chi connectivity index (χ2n) is 8.47. The molecule has 4 aromatic rings. The van der Waals surface area contributed by atoms with Crippen molar-refractivity contribution in [3.05, 3.63) is 131 Å². The molecule has 42 heavy (non-hydrogen) atoms. The summed E-state index contributed by atoms with van der Waals surface area (Å²) in [5.74, 6) is -0.891. The highest BCUT2D eigenvalue weighted by Gasteiger charge is 2.31. The maximum absolute atomic E-state index is 13.1. The number of benzene rings is 4. The maximum Gasteiger partial charge on any atom is 0.305 e. The minimum atomic E-state index is -2.06. The molecule has 2 N–H and O–H groups in total. The van der Waals surface area contributed by atoms with Gasteiger partial charge < -0.3 is 0 Å². The number of carbonyl (C=O) groups is 4. The molecule has 0 bridgehead atoms. The molecule has 12 nitrogen and oxygen atoms in total. The molecule has 4 aromatic carbocycles. The number of amides is 2. The SMILES string of the molecule is O=CN(c1ccccc1C(=O)c1ccccc1)C(OO)OOC(OO)N(C=O)c1ccccc1C(=O)c1ccccc1. The Kier molecular flexibility index (Phi) is 10.3. The number of para-hydroxylation sites is 2. The Labute approximate surface area is 239 Å². The van der Waals surface area contributed by atoms with Crippen LogP contribution in [0.3, 0.4) is 0 Å². The first kappa shape index (κ1) is 29.9. The van der Waals surface area contributed by atoms with Crippen molar-refractivity contribution in [3.8, 4) is 0 Å². The van der Waals surface area contributed by atoms with E-state index in [9.17, 15) is 29.7 Å². The van der Waals surface area contributed by atoms with Gasteiger partial charge in [-0.1, -0.05) is 84.9 Å². The van der Waals surface area contributed by atoms with E-state index in [1.807, 2.05) is 0 Å². The molecule has 2 atom stereocenters. The number of nitrogens with zero attached hydrogens (tertiary/aromatic N) is 2. The van der Waals surface area contributed by atoms with E-state index in [1.165, 1.54) is 36.4 Å². The van der Waals surface area contributed by atoms with Crippen LogP contribution in [0.2, 0.25) is 0 Å². The average molecular weight is 573 g/mol. The van der Waals surface area contributed by atoms with E-state index in [2.05, 4.69) is 9.78 Å². The summed E-state index contributed by atoms with van der Waals surface area (Å²) >= 11 is 0. The zero-order valence-corrected chi connectivity index (χ0v) is 21.8. The van der Waals surface area contributed by atoms with Gasteiger partial charge in [-0.3, -0.25) is 29.0 Å². The lowest BCUT2D eigenvalue weighted by atomic mass is 10.0. The second kappa shape index (κ2) is 14.5. The topological polar surface area (TPSA) is 152 Å². The van der Waals surface area contributed by atoms with Crippen LogP contribution in [0.15, 0.2) is 109 Å². The molecule has 12 heteroatoms. The van der Waals surface area contributed by atoms with Gasteiger partial charge in [-0.15, -0.1) is 0 Å². The third kappa shape index (κ3) is 6.62. The first-order valence-corrected chi connectivity index (χ1v) is 12.3. The molecule has 4 rings (SSSR count). The zero-order chi connectivity index (χ0) is 29.9. The Morgan fingerprint density at radius 2 is 0.881 bits per heavy atom. The smallest absolute Gasteiger partial charge is 0.289 e. The molecule has 214 valence electrons. The first-order chi connectivity index (χ1) is 20.5. The molecule has 0 saturated heterocycles. The third-order valence-electron chi connectivity index (χ3n) is 6.01. The standard InChI is InChI=1S/C30H24N2O10/c33-19-31(25-17-9-7-15-23(25)27(35)21-11-3-1-4-12-21)29(39-37)41-42-30(40-38)32(20-34)26-18-10-8-16-24(26)28(36)22-13-5-2-6-14-22/h1-20,29-30,37-38H. The van der Waals surface area contributed by atoms with Gasteiger partial charge in [0, 0.05) is 22.3 Å². The molecule has 0 aromatic heterocycles. The highest BCUT2D eigenvalue weighted by Crippen LogP contribution is 2.27. The molecular weight excluding hydrogens is 548 g/mol. The number of ketones is 2. The number of hydrogen-bond acceptors (Lipinski definition) is 10. The monoisotopic (exact) mass is 572 g/mol. The van der Waals surface area contributed by atoms with Gasteiger partial charge in [0.05, 0.1) is 11.4 Å². The Morgan fingerprint density at radius 3 is 1.21 bits per heavy atom. The summed E-state index contributed by atoms with van der Waals surface area (Å²) < 4.78 is 0. The Hall–Kier alpha value is -5.08. The summed E-state index contributed by atoms with van der Waals surface area (Å²) in [6, 6.07) is 28.4. The van der Waals surface area contributed by atoms with Crippen molar-refractivity contribution in [3.63, 3.8) is 0 Å². The van der Waals surface area contributed by atoms with E-state index in [0.29, 0.717) is 20.9 Å². The molecule has 0 fully saturated rings. The van der Waals surface area contributed by atoms with Crippen molar-refractivity contribution in [1.29, 1.82) is 0 Å². The maximum atomic E-state index is 13.1.